The number of nitrogens with zero attached hydrogens (tertiary/aromatic N) is 1. The molecule has 8 heteroatoms. The monoisotopic (exact) mass is 792 g/mol. The van der Waals surface area contributed by atoms with E-state index in [1.54, 1.807) is 21.1 Å². The SMILES string of the molecule is CC/C=C/C/C=C/C/C=C/C/C=C/C/C=C/C/C=C/CCCCCC(=O)OC(COCCC(C(=O)[O-])[N+](C)(C)C)COC(=O)CCC/C=C/C/C=C/C/C=C/CC. The first-order valence-electron chi connectivity index (χ1n) is 21.4. The molecule has 0 radical (unpaired) electrons. The van der Waals surface area contributed by atoms with Gasteiger partial charge in [0.25, 0.3) is 0 Å². The van der Waals surface area contributed by atoms with Gasteiger partial charge in [-0.05, 0) is 89.9 Å². The molecule has 0 rings (SSSR count). The Bertz CT molecular complexity index is 1290. The van der Waals surface area contributed by atoms with Crippen molar-refractivity contribution in [2.24, 2.45) is 0 Å². The molecular weight excluding hydrogens is 715 g/mol. The Labute approximate surface area is 347 Å². The third-order valence-corrected chi connectivity index (χ3v) is 8.65. The van der Waals surface area contributed by atoms with E-state index < -0.39 is 18.1 Å². The molecular formula is C49H77NO7. The first kappa shape index (κ1) is 53.0. The Hall–Kier alpha value is -4.01. The minimum atomic E-state index is -1.14. The average Bonchev–Trinajstić information content (AvgIpc) is 3.17. The zero-order valence-corrected chi connectivity index (χ0v) is 36.2. The lowest BCUT2D eigenvalue weighted by atomic mass is 10.1. The number of carbonyl (C=O) groups excluding carboxylic acids is 3. The van der Waals surface area contributed by atoms with Crippen molar-refractivity contribution in [3.05, 3.63) is 109 Å². The summed E-state index contributed by atoms with van der Waals surface area (Å²) in [5.41, 5.74) is 0. The van der Waals surface area contributed by atoms with E-state index in [1.807, 2.05) is 0 Å². The van der Waals surface area contributed by atoms with Crippen molar-refractivity contribution in [3.63, 3.8) is 0 Å². The van der Waals surface area contributed by atoms with Gasteiger partial charge >= 0.3 is 11.9 Å². The number of quaternary nitrogens is 1. The Kier molecular flexibility index (Phi) is 36.1. The van der Waals surface area contributed by atoms with Gasteiger partial charge < -0.3 is 28.6 Å². The fourth-order valence-corrected chi connectivity index (χ4v) is 5.39. The van der Waals surface area contributed by atoms with E-state index in [1.165, 1.54) is 0 Å². The van der Waals surface area contributed by atoms with Crippen LogP contribution in [0.25, 0.3) is 0 Å². The fourth-order valence-electron chi connectivity index (χ4n) is 5.39. The predicted molar refractivity (Wildman–Crippen MR) is 235 cm³/mol. The highest BCUT2D eigenvalue weighted by Crippen LogP contribution is 2.11. The number of carboxylic acid groups (broad SMARTS) is 1. The third-order valence-electron chi connectivity index (χ3n) is 8.65. The first-order valence-corrected chi connectivity index (χ1v) is 21.4. The van der Waals surface area contributed by atoms with E-state index in [0.29, 0.717) is 12.8 Å². The molecule has 8 nitrogen and oxygen atoms in total. The normalized spacial score (nSPS) is 14.1. The van der Waals surface area contributed by atoms with Gasteiger partial charge in [-0.25, -0.2) is 0 Å². The molecule has 320 valence electrons. The smallest absolute Gasteiger partial charge is 0.306 e. The minimum Gasteiger partial charge on any atom is -0.544 e. The number of rotatable bonds is 36. The van der Waals surface area contributed by atoms with Crippen molar-refractivity contribution in [2.45, 2.75) is 142 Å². The lowest BCUT2D eigenvalue weighted by Crippen LogP contribution is -2.55. The number of allylic oxidation sites excluding steroid dienone is 18. The number of esters is 2. The maximum atomic E-state index is 12.7. The Balaban J connectivity index is 4.47. The van der Waals surface area contributed by atoms with Gasteiger partial charge in [-0.15, -0.1) is 0 Å². The van der Waals surface area contributed by atoms with Gasteiger partial charge in [0.15, 0.2) is 6.10 Å². The fraction of sp³-hybridized carbons (Fsp3) is 0.571. The topological polar surface area (TPSA) is 102 Å². The molecule has 0 aromatic heterocycles. The summed E-state index contributed by atoms with van der Waals surface area (Å²) in [4.78, 5) is 36.7. The Morgan fingerprint density at radius 3 is 1.39 bits per heavy atom. The second-order valence-electron chi connectivity index (χ2n) is 14.8. The summed E-state index contributed by atoms with van der Waals surface area (Å²) in [5, 5.41) is 11.6. The van der Waals surface area contributed by atoms with Crippen molar-refractivity contribution in [1.29, 1.82) is 0 Å². The summed E-state index contributed by atoms with van der Waals surface area (Å²) >= 11 is 0. The highest BCUT2D eigenvalue weighted by molar-refractivity contribution is 5.70. The zero-order chi connectivity index (χ0) is 42.1. The van der Waals surface area contributed by atoms with Gasteiger partial charge in [0.05, 0.1) is 40.3 Å². The molecule has 0 aromatic carbocycles. The van der Waals surface area contributed by atoms with Crippen LogP contribution in [0.4, 0.5) is 0 Å². The van der Waals surface area contributed by atoms with Crippen molar-refractivity contribution < 1.29 is 38.2 Å². The predicted octanol–water partition coefficient (Wildman–Crippen LogP) is 10.4. The van der Waals surface area contributed by atoms with Crippen molar-refractivity contribution in [3.8, 4) is 0 Å². The van der Waals surface area contributed by atoms with E-state index >= 15 is 0 Å². The van der Waals surface area contributed by atoms with Gasteiger partial charge in [0.1, 0.15) is 12.6 Å². The third kappa shape index (κ3) is 37.3. The van der Waals surface area contributed by atoms with Crippen LogP contribution in [-0.4, -0.2) is 75.5 Å². The molecule has 0 heterocycles. The first-order chi connectivity index (χ1) is 27.6. The van der Waals surface area contributed by atoms with Gasteiger partial charge in [0, 0.05) is 19.3 Å². The molecule has 0 bridgehead atoms. The average molecular weight is 792 g/mol. The summed E-state index contributed by atoms with van der Waals surface area (Å²) in [5.74, 6) is -1.87. The van der Waals surface area contributed by atoms with Crippen LogP contribution in [0.3, 0.4) is 0 Å². The van der Waals surface area contributed by atoms with Gasteiger partial charge in [-0.2, -0.15) is 0 Å². The molecule has 0 fully saturated rings. The summed E-state index contributed by atoms with van der Waals surface area (Å²) < 4.78 is 17.0. The number of hydrogen-bond donors (Lipinski definition) is 0. The number of unbranched alkanes of at least 4 members (excludes halogenated alkanes) is 4. The Morgan fingerprint density at radius 2 is 0.947 bits per heavy atom. The van der Waals surface area contributed by atoms with Crippen LogP contribution in [0.2, 0.25) is 0 Å². The highest BCUT2D eigenvalue weighted by atomic mass is 16.6. The molecule has 0 aliphatic rings. The van der Waals surface area contributed by atoms with Crippen molar-refractivity contribution >= 4 is 17.9 Å². The summed E-state index contributed by atoms with van der Waals surface area (Å²) in [6.07, 6.45) is 52.7. The van der Waals surface area contributed by atoms with Crippen LogP contribution >= 0.6 is 0 Å². The van der Waals surface area contributed by atoms with E-state index in [-0.39, 0.29) is 55.5 Å². The molecule has 0 N–H and O–H groups in total. The lowest BCUT2D eigenvalue weighted by Gasteiger charge is -2.34. The second kappa shape index (κ2) is 38.8. The zero-order valence-electron chi connectivity index (χ0n) is 36.2. The maximum absolute atomic E-state index is 12.7. The molecule has 2 atom stereocenters. The maximum Gasteiger partial charge on any atom is 0.306 e. The molecule has 2 unspecified atom stereocenters. The lowest BCUT2D eigenvalue weighted by molar-refractivity contribution is -0.889. The number of hydrogen-bond acceptors (Lipinski definition) is 7. The van der Waals surface area contributed by atoms with Crippen LogP contribution in [0.15, 0.2) is 109 Å². The van der Waals surface area contributed by atoms with Crippen LogP contribution in [0.1, 0.15) is 129 Å². The molecule has 57 heavy (non-hydrogen) atoms. The van der Waals surface area contributed by atoms with Gasteiger partial charge in [-0.3, -0.25) is 9.59 Å². The molecule has 0 spiro atoms. The second-order valence-corrected chi connectivity index (χ2v) is 14.8. The quantitative estimate of drug-likeness (QED) is 0.0269. The summed E-state index contributed by atoms with van der Waals surface area (Å²) in [6, 6.07) is -0.746. The molecule has 0 aromatic rings. The molecule has 0 aliphatic heterocycles. The minimum absolute atomic E-state index is 0.00308. The van der Waals surface area contributed by atoms with Crippen LogP contribution in [-0.2, 0) is 28.6 Å². The van der Waals surface area contributed by atoms with Crippen molar-refractivity contribution in [2.75, 3.05) is 41.0 Å². The number of carbonyl (C=O) groups is 3. The summed E-state index contributed by atoms with van der Waals surface area (Å²) in [6.45, 7) is 4.30. The molecule has 0 saturated carbocycles. The van der Waals surface area contributed by atoms with Crippen LogP contribution < -0.4 is 5.11 Å². The Morgan fingerprint density at radius 1 is 0.526 bits per heavy atom. The highest BCUT2D eigenvalue weighted by Gasteiger charge is 2.25. The van der Waals surface area contributed by atoms with Crippen LogP contribution in [0.5, 0.6) is 0 Å². The number of carboxylic acids is 1. The standard InChI is InChI=1S/C49H77NO7/c1-6-8-10-12-14-16-18-19-20-21-22-23-24-25-26-27-28-30-32-34-36-38-40-48(52)57-45(43-55-42-41-46(49(53)54)50(3,4)5)44-56-47(51)39-37-35-33-31-29-17-15-13-11-9-7-2/h8-11,14-17,19-20,22-23,25-26,28,30-31,33,45-46H,6-7,12-13,18,21,24,27,29,32,34-44H2,1-5H3/b10-8+,11-9+,16-14+,17-15+,20-19+,23-22+,26-25+,30-28+,33-31+. The van der Waals surface area contributed by atoms with Crippen molar-refractivity contribution in [1.82, 2.24) is 0 Å². The van der Waals surface area contributed by atoms with E-state index in [0.717, 1.165) is 83.5 Å². The van der Waals surface area contributed by atoms with E-state index in [4.69, 9.17) is 14.2 Å². The largest absolute Gasteiger partial charge is 0.544 e. The van der Waals surface area contributed by atoms with E-state index in [9.17, 15) is 19.5 Å². The summed E-state index contributed by atoms with van der Waals surface area (Å²) in [7, 11) is 5.36. The van der Waals surface area contributed by atoms with Gasteiger partial charge in [0.2, 0.25) is 0 Å². The van der Waals surface area contributed by atoms with E-state index in [2.05, 4.69) is 123 Å². The molecule has 0 saturated heterocycles. The van der Waals surface area contributed by atoms with Crippen LogP contribution in [0, 0.1) is 0 Å². The number of likely N-dealkylation sites (N-methyl/N-ethyl adjacent to an activating group) is 1. The number of aliphatic carboxylic acids is 1. The van der Waals surface area contributed by atoms with Gasteiger partial charge in [-0.1, -0.05) is 130 Å². The number of ether oxygens (including phenoxy) is 3. The molecule has 0 amide bonds. The molecule has 0 aliphatic carbocycles.